The molecule has 0 amide bonds. The smallest absolute Gasteiger partial charge is 0.506 e. The van der Waals surface area contributed by atoms with Crippen molar-refractivity contribution in [2.24, 2.45) is 0 Å². The molecular weight excluding hydrogens is 225 g/mol. The van der Waals surface area contributed by atoms with E-state index in [9.17, 15) is 22.0 Å². The molecule has 0 saturated heterocycles. The molecule has 1 rings (SSSR count). The van der Waals surface area contributed by atoms with Crippen molar-refractivity contribution < 1.29 is 31.8 Å². The molecule has 0 aliphatic carbocycles. The Hall–Kier alpha value is -1.60. The maximum absolute atomic E-state index is 12.1. The topological polar surface area (TPSA) is 42.4 Å². The standard InChI is InChI=1S/C7H4F5NO2/c8-6(9)3-1-5(13-2-4(3)14)15-7(10,11)12/h1-2,6,14H. The number of aromatic hydroxyl groups is 1. The van der Waals surface area contributed by atoms with Crippen LogP contribution in [0.3, 0.4) is 0 Å². The van der Waals surface area contributed by atoms with Crippen LogP contribution in [0.5, 0.6) is 11.6 Å². The summed E-state index contributed by atoms with van der Waals surface area (Å²) >= 11 is 0. The molecule has 0 bridgehead atoms. The minimum Gasteiger partial charge on any atom is -0.506 e. The molecule has 84 valence electrons. The highest BCUT2D eigenvalue weighted by Crippen LogP contribution is 2.31. The summed E-state index contributed by atoms with van der Waals surface area (Å²) in [7, 11) is 0. The molecule has 1 heterocycles. The monoisotopic (exact) mass is 229 g/mol. The van der Waals surface area contributed by atoms with E-state index < -0.39 is 30.0 Å². The third kappa shape index (κ3) is 3.22. The molecule has 3 nitrogen and oxygen atoms in total. The summed E-state index contributed by atoms with van der Waals surface area (Å²) < 4.78 is 62.5. The van der Waals surface area contributed by atoms with Crippen LogP contribution in [-0.4, -0.2) is 16.5 Å². The number of pyridine rings is 1. The molecule has 0 atom stereocenters. The number of rotatable bonds is 2. The molecule has 0 radical (unpaired) electrons. The molecule has 15 heavy (non-hydrogen) atoms. The van der Waals surface area contributed by atoms with E-state index in [-0.39, 0.29) is 0 Å². The lowest BCUT2D eigenvalue weighted by molar-refractivity contribution is -0.276. The predicted octanol–water partition coefficient (Wildman–Crippen LogP) is 2.62. The van der Waals surface area contributed by atoms with Gasteiger partial charge in [-0.3, -0.25) is 0 Å². The van der Waals surface area contributed by atoms with Crippen LogP contribution in [0.15, 0.2) is 12.3 Å². The second-order valence-electron chi connectivity index (χ2n) is 2.43. The second-order valence-corrected chi connectivity index (χ2v) is 2.43. The molecule has 1 N–H and O–H groups in total. The van der Waals surface area contributed by atoms with E-state index in [4.69, 9.17) is 5.11 Å². The summed E-state index contributed by atoms with van der Waals surface area (Å²) in [4.78, 5) is 2.98. The van der Waals surface area contributed by atoms with Gasteiger partial charge in [-0.15, -0.1) is 13.2 Å². The molecule has 0 saturated carbocycles. The van der Waals surface area contributed by atoms with E-state index in [1.54, 1.807) is 0 Å². The van der Waals surface area contributed by atoms with Crippen LogP contribution < -0.4 is 4.74 Å². The van der Waals surface area contributed by atoms with E-state index in [1.165, 1.54) is 0 Å². The van der Waals surface area contributed by atoms with E-state index in [0.29, 0.717) is 12.3 Å². The zero-order valence-corrected chi connectivity index (χ0v) is 6.92. The number of hydrogen-bond acceptors (Lipinski definition) is 3. The fraction of sp³-hybridized carbons (Fsp3) is 0.286. The highest BCUT2D eigenvalue weighted by Gasteiger charge is 2.32. The van der Waals surface area contributed by atoms with E-state index in [0.717, 1.165) is 0 Å². The Morgan fingerprint density at radius 2 is 1.93 bits per heavy atom. The van der Waals surface area contributed by atoms with Crippen LogP contribution in [0.1, 0.15) is 12.0 Å². The lowest BCUT2D eigenvalue weighted by Gasteiger charge is -2.09. The molecule has 0 aromatic carbocycles. The Morgan fingerprint density at radius 1 is 1.33 bits per heavy atom. The summed E-state index contributed by atoms with van der Waals surface area (Å²) in [5, 5.41) is 8.82. The Morgan fingerprint density at radius 3 is 2.40 bits per heavy atom. The Labute approximate surface area is 80.1 Å². The van der Waals surface area contributed by atoms with Gasteiger partial charge in [0.1, 0.15) is 5.75 Å². The van der Waals surface area contributed by atoms with Gasteiger partial charge in [0.15, 0.2) is 0 Å². The van der Waals surface area contributed by atoms with Crippen molar-refractivity contribution in [2.45, 2.75) is 12.8 Å². The molecule has 0 aliphatic rings. The van der Waals surface area contributed by atoms with Crippen LogP contribution in [0.2, 0.25) is 0 Å². The third-order valence-corrected chi connectivity index (χ3v) is 1.34. The number of alkyl halides is 5. The fourth-order valence-electron chi connectivity index (χ4n) is 0.793. The summed E-state index contributed by atoms with van der Waals surface area (Å²) in [6.07, 6.45) is -7.66. The van der Waals surface area contributed by atoms with Gasteiger partial charge in [-0.2, -0.15) is 0 Å². The number of nitrogens with zero attached hydrogens (tertiary/aromatic N) is 1. The first-order valence-electron chi connectivity index (χ1n) is 3.52. The van der Waals surface area contributed by atoms with Crippen molar-refractivity contribution in [1.29, 1.82) is 0 Å². The molecule has 1 aromatic heterocycles. The predicted molar refractivity (Wildman–Crippen MR) is 37.5 cm³/mol. The lowest BCUT2D eigenvalue weighted by Crippen LogP contribution is -2.18. The number of hydrogen-bond donors (Lipinski definition) is 1. The first-order chi connectivity index (χ1) is 6.79. The normalized spacial score (nSPS) is 11.9. The molecule has 1 aromatic rings. The molecular formula is C7H4F5NO2. The van der Waals surface area contributed by atoms with E-state index in [2.05, 4.69) is 9.72 Å². The number of ether oxygens (including phenoxy) is 1. The Bertz CT molecular complexity index is 352. The Kier molecular flexibility index (Phi) is 2.96. The van der Waals surface area contributed by atoms with Crippen molar-refractivity contribution in [3.63, 3.8) is 0 Å². The van der Waals surface area contributed by atoms with Crippen molar-refractivity contribution in [1.82, 2.24) is 4.98 Å². The first-order valence-corrected chi connectivity index (χ1v) is 3.52. The van der Waals surface area contributed by atoms with Crippen LogP contribution in [0.25, 0.3) is 0 Å². The number of aromatic nitrogens is 1. The number of halogens is 5. The molecule has 0 spiro atoms. The second kappa shape index (κ2) is 3.87. The fourth-order valence-corrected chi connectivity index (χ4v) is 0.793. The summed E-state index contributed by atoms with van der Waals surface area (Å²) in [6.45, 7) is 0. The zero-order valence-electron chi connectivity index (χ0n) is 6.92. The highest BCUT2D eigenvalue weighted by atomic mass is 19.4. The minimum absolute atomic E-state index is 0.327. The van der Waals surface area contributed by atoms with E-state index in [1.807, 2.05) is 0 Å². The third-order valence-electron chi connectivity index (χ3n) is 1.34. The molecule has 8 heteroatoms. The molecule has 0 fully saturated rings. The van der Waals surface area contributed by atoms with Crippen LogP contribution in [-0.2, 0) is 0 Å². The SMILES string of the molecule is Oc1cnc(OC(F)(F)F)cc1C(F)F. The van der Waals surface area contributed by atoms with Crippen LogP contribution in [0.4, 0.5) is 22.0 Å². The van der Waals surface area contributed by atoms with Gasteiger partial charge in [-0.25, -0.2) is 13.8 Å². The van der Waals surface area contributed by atoms with Crippen molar-refractivity contribution in [3.05, 3.63) is 17.8 Å². The van der Waals surface area contributed by atoms with Crippen molar-refractivity contribution in [3.8, 4) is 11.6 Å². The average Bonchev–Trinajstić information content (AvgIpc) is 2.05. The summed E-state index contributed by atoms with van der Waals surface area (Å²) in [5.41, 5.74) is -0.968. The van der Waals surface area contributed by atoms with Gasteiger partial charge < -0.3 is 9.84 Å². The molecule has 0 unspecified atom stereocenters. The summed E-state index contributed by atoms with van der Waals surface area (Å²) in [5.74, 6) is -1.94. The van der Waals surface area contributed by atoms with E-state index >= 15 is 0 Å². The van der Waals surface area contributed by atoms with Gasteiger partial charge in [0.05, 0.1) is 11.8 Å². The van der Waals surface area contributed by atoms with Gasteiger partial charge in [-0.1, -0.05) is 0 Å². The maximum Gasteiger partial charge on any atom is 0.574 e. The quantitative estimate of drug-likeness (QED) is 0.792. The van der Waals surface area contributed by atoms with Crippen molar-refractivity contribution >= 4 is 0 Å². The first kappa shape index (κ1) is 11.5. The highest BCUT2D eigenvalue weighted by molar-refractivity contribution is 5.34. The van der Waals surface area contributed by atoms with Gasteiger partial charge >= 0.3 is 6.36 Å². The summed E-state index contributed by atoms with van der Waals surface area (Å²) in [6, 6.07) is 0.327. The van der Waals surface area contributed by atoms with Crippen LogP contribution in [0, 0.1) is 0 Å². The van der Waals surface area contributed by atoms with Gasteiger partial charge in [-0.05, 0) is 0 Å². The Balaban J connectivity index is 2.98. The molecule has 0 aliphatic heterocycles. The van der Waals surface area contributed by atoms with Gasteiger partial charge in [0, 0.05) is 6.07 Å². The van der Waals surface area contributed by atoms with Gasteiger partial charge in [0.2, 0.25) is 5.88 Å². The largest absolute Gasteiger partial charge is 0.574 e. The average molecular weight is 229 g/mol. The maximum atomic E-state index is 12.1. The minimum atomic E-state index is -5.01. The lowest BCUT2D eigenvalue weighted by atomic mass is 10.2. The van der Waals surface area contributed by atoms with Crippen molar-refractivity contribution in [2.75, 3.05) is 0 Å². The van der Waals surface area contributed by atoms with Crippen LogP contribution >= 0.6 is 0 Å². The zero-order chi connectivity index (χ0) is 11.6. The van der Waals surface area contributed by atoms with Gasteiger partial charge in [0.25, 0.3) is 6.43 Å².